The molecule has 0 saturated carbocycles. The van der Waals surface area contributed by atoms with E-state index in [1.807, 2.05) is 13.8 Å². The Balaban J connectivity index is 2.10. The molecule has 0 spiro atoms. The smallest absolute Gasteiger partial charge is 0.317 e. The number of amides is 3. The predicted octanol–water partition coefficient (Wildman–Crippen LogP) is -1.69. The summed E-state index contributed by atoms with van der Waals surface area (Å²) >= 11 is 0. The summed E-state index contributed by atoms with van der Waals surface area (Å²) < 4.78 is 24.3. The maximum absolute atomic E-state index is 12.1. The minimum absolute atomic E-state index is 0.0283. The lowest BCUT2D eigenvalue weighted by Crippen LogP contribution is -2.46. The van der Waals surface area contributed by atoms with Gasteiger partial charge in [0.15, 0.2) is 9.84 Å². The van der Waals surface area contributed by atoms with Crippen molar-refractivity contribution in [2.45, 2.75) is 31.2 Å². The Labute approximate surface area is 123 Å². The maximum atomic E-state index is 12.1. The number of aliphatic hydroxyl groups is 1. The van der Waals surface area contributed by atoms with Gasteiger partial charge >= 0.3 is 6.03 Å². The molecule has 0 bridgehead atoms. The van der Waals surface area contributed by atoms with Crippen LogP contribution in [0.3, 0.4) is 0 Å². The first-order chi connectivity index (χ1) is 9.74. The SMILES string of the molecule is CC(C)NC(=O)N1C[C@H]2[C@H](NC(=O)CO)CS(=O)(=O)[C@H]2C1. The van der Waals surface area contributed by atoms with Crippen LogP contribution in [0.4, 0.5) is 4.79 Å². The van der Waals surface area contributed by atoms with Gasteiger partial charge in [-0.25, -0.2) is 13.2 Å². The second-order valence-corrected chi connectivity index (χ2v) is 8.14. The lowest BCUT2D eigenvalue weighted by molar-refractivity contribution is -0.124. The van der Waals surface area contributed by atoms with Gasteiger partial charge < -0.3 is 20.6 Å². The number of nitrogens with one attached hydrogen (secondary N) is 2. The number of fused-ring (bicyclic) bond motifs is 1. The molecule has 0 unspecified atom stereocenters. The summed E-state index contributed by atoms with van der Waals surface area (Å²) in [4.78, 5) is 24.7. The zero-order valence-electron chi connectivity index (χ0n) is 12.1. The van der Waals surface area contributed by atoms with Gasteiger partial charge in [-0.1, -0.05) is 0 Å². The van der Waals surface area contributed by atoms with E-state index >= 15 is 0 Å². The number of hydrogen-bond acceptors (Lipinski definition) is 5. The van der Waals surface area contributed by atoms with Crippen LogP contribution in [-0.2, 0) is 14.6 Å². The zero-order valence-corrected chi connectivity index (χ0v) is 12.9. The second-order valence-electron chi connectivity index (χ2n) is 5.87. The Morgan fingerprint density at radius 3 is 2.57 bits per heavy atom. The molecule has 120 valence electrons. The molecule has 2 aliphatic heterocycles. The fourth-order valence-electron chi connectivity index (χ4n) is 2.97. The molecule has 2 heterocycles. The van der Waals surface area contributed by atoms with Crippen molar-refractivity contribution in [2.75, 3.05) is 25.4 Å². The van der Waals surface area contributed by atoms with Crippen LogP contribution in [0.1, 0.15) is 13.8 Å². The monoisotopic (exact) mass is 319 g/mol. The van der Waals surface area contributed by atoms with E-state index in [0.29, 0.717) is 6.54 Å². The molecule has 2 aliphatic rings. The molecule has 0 aromatic heterocycles. The first-order valence-electron chi connectivity index (χ1n) is 6.92. The molecule has 3 N–H and O–H groups in total. The molecule has 3 atom stereocenters. The molecular formula is C12H21N3O5S. The lowest BCUT2D eigenvalue weighted by atomic mass is 10.0. The highest BCUT2D eigenvalue weighted by Crippen LogP contribution is 2.34. The third-order valence-electron chi connectivity index (χ3n) is 3.89. The number of carbonyl (C=O) groups excluding carboxylic acids is 2. The Bertz CT molecular complexity index is 533. The van der Waals surface area contributed by atoms with Crippen LogP contribution in [0.15, 0.2) is 0 Å². The van der Waals surface area contributed by atoms with E-state index in [2.05, 4.69) is 10.6 Å². The highest BCUT2D eigenvalue weighted by atomic mass is 32.2. The zero-order chi connectivity index (χ0) is 15.8. The molecule has 2 saturated heterocycles. The van der Waals surface area contributed by atoms with Crippen LogP contribution in [-0.4, -0.2) is 73.1 Å². The van der Waals surface area contributed by atoms with E-state index in [9.17, 15) is 18.0 Å². The van der Waals surface area contributed by atoms with Gasteiger partial charge in [-0.2, -0.15) is 0 Å². The van der Waals surface area contributed by atoms with Gasteiger partial charge in [0.2, 0.25) is 5.91 Å². The summed E-state index contributed by atoms with van der Waals surface area (Å²) in [5.41, 5.74) is 0. The Kier molecular flexibility index (Phi) is 4.43. The number of likely N-dealkylation sites (tertiary alicyclic amines) is 1. The van der Waals surface area contributed by atoms with Gasteiger partial charge in [0, 0.05) is 31.1 Å². The van der Waals surface area contributed by atoms with Crippen LogP contribution >= 0.6 is 0 Å². The van der Waals surface area contributed by atoms with Crippen molar-refractivity contribution in [3.05, 3.63) is 0 Å². The van der Waals surface area contributed by atoms with Gasteiger partial charge in [-0.3, -0.25) is 4.79 Å². The van der Waals surface area contributed by atoms with E-state index in [-0.39, 0.29) is 30.3 Å². The summed E-state index contributed by atoms with van der Waals surface area (Å²) in [5, 5.41) is 13.4. The minimum atomic E-state index is -3.34. The molecule has 21 heavy (non-hydrogen) atoms. The van der Waals surface area contributed by atoms with Crippen molar-refractivity contribution in [1.29, 1.82) is 0 Å². The average Bonchev–Trinajstić information content (AvgIpc) is 2.90. The topological polar surface area (TPSA) is 116 Å². The Morgan fingerprint density at radius 2 is 2.00 bits per heavy atom. The first kappa shape index (κ1) is 16.0. The molecule has 0 aromatic carbocycles. The normalized spacial score (nSPS) is 30.3. The highest BCUT2D eigenvalue weighted by Gasteiger charge is 2.53. The van der Waals surface area contributed by atoms with E-state index in [1.54, 1.807) is 0 Å². The van der Waals surface area contributed by atoms with Crippen molar-refractivity contribution in [2.24, 2.45) is 5.92 Å². The molecule has 0 aliphatic carbocycles. The largest absolute Gasteiger partial charge is 0.387 e. The van der Waals surface area contributed by atoms with E-state index in [0.717, 1.165) is 0 Å². The summed E-state index contributed by atoms with van der Waals surface area (Å²) in [7, 11) is -3.34. The van der Waals surface area contributed by atoms with Crippen LogP contribution in [0.5, 0.6) is 0 Å². The average molecular weight is 319 g/mol. The quantitative estimate of drug-likeness (QED) is 0.574. The van der Waals surface area contributed by atoms with Gasteiger partial charge in [0.1, 0.15) is 6.61 Å². The molecule has 2 fully saturated rings. The van der Waals surface area contributed by atoms with Crippen LogP contribution in [0, 0.1) is 5.92 Å². The maximum Gasteiger partial charge on any atom is 0.317 e. The molecular weight excluding hydrogens is 298 g/mol. The third kappa shape index (κ3) is 3.29. The standard InChI is InChI=1S/C12H21N3O5S/c1-7(2)13-12(18)15-3-8-9(14-11(17)5-16)6-21(19,20)10(8)4-15/h7-10,16H,3-6H2,1-2H3,(H,13,18)(H,14,17)/t8-,9+,10-/m0/s1. The number of rotatable bonds is 3. The second kappa shape index (κ2) is 5.80. The fraction of sp³-hybridized carbons (Fsp3) is 0.833. The van der Waals surface area contributed by atoms with E-state index in [1.165, 1.54) is 4.90 Å². The van der Waals surface area contributed by atoms with E-state index in [4.69, 9.17) is 5.11 Å². The summed E-state index contributed by atoms with van der Waals surface area (Å²) in [6.07, 6.45) is 0. The van der Waals surface area contributed by atoms with Crippen molar-refractivity contribution >= 4 is 21.8 Å². The third-order valence-corrected chi connectivity index (χ3v) is 6.13. The molecule has 8 nitrogen and oxygen atoms in total. The predicted molar refractivity (Wildman–Crippen MR) is 75.3 cm³/mol. The van der Waals surface area contributed by atoms with Gasteiger partial charge in [-0.15, -0.1) is 0 Å². The summed E-state index contributed by atoms with van der Waals surface area (Å²) in [5.74, 6) is -1.04. The number of urea groups is 1. The number of aliphatic hydroxyl groups excluding tert-OH is 1. The minimum Gasteiger partial charge on any atom is -0.387 e. The molecule has 2 rings (SSSR count). The highest BCUT2D eigenvalue weighted by molar-refractivity contribution is 7.92. The van der Waals surface area contributed by atoms with Crippen molar-refractivity contribution in [1.82, 2.24) is 15.5 Å². The van der Waals surface area contributed by atoms with Gasteiger partial charge in [0.25, 0.3) is 0 Å². The number of hydrogen-bond donors (Lipinski definition) is 3. The Morgan fingerprint density at radius 1 is 1.33 bits per heavy atom. The number of carbonyl (C=O) groups is 2. The molecule has 0 aromatic rings. The van der Waals surface area contributed by atoms with Crippen LogP contribution < -0.4 is 10.6 Å². The van der Waals surface area contributed by atoms with Crippen molar-refractivity contribution < 1.29 is 23.1 Å². The van der Waals surface area contributed by atoms with Crippen LogP contribution in [0.2, 0.25) is 0 Å². The summed E-state index contributed by atoms with van der Waals surface area (Å²) in [6, 6.07) is -0.863. The molecule has 3 amide bonds. The van der Waals surface area contributed by atoms with Crippen LogP contribution in [0.25, 0.3) is 0 Å². The summed E-state index contributed by atoms with van der Waals surface area (Å²) in [6.45, 7) is 3.42. The lowest BCUT2D eigenvalue weighted by Gasteiger charge is -2.22. The van der Waals surface area contributed by atoms with Crippen molar-refractivity contribution in [3.63, 3.8) is 0 Å². The van der Waals surface area contributed by atoms with E-state index < -0.39 is 33.6 Å². The van der Waals surface area contributed by atoms with Gasteiger partial charge in [-0.05, 0) is 13.8 Å². The number of sulfone groups is 1. The Hall–Kier alpha value is -1.35. The van der Waals surface area contributed by atoms with Crippen molar-refractivity contribution in [3.8, 4) is 0 Å². The fourth-order valence-corrected chi connectivity index (χ4v) is 5.26. The first-order valence-corrected chi connectivity index (χ1v) is 8.63. The molecule has 0 radical (unpaired) electrons. The molecule has 9 heteroatoms. The van der Waals surface area contributed by atoms with Gasteiger partial charge in [0.05, 0.1) is 11.0 Å². The number of nitrogens with zero attached hydrogens (tertiary/aromatic N) is 1.